The lowest BCUT2D eigenvalue weighted by atomic mass is 9.92. The Morgan fingerprint density at radius 1 is 0.697 bits per heavy atom. The van der Waals surface area contributed by atoms with E-state index in [9.17, 15) is 9.90 Å². The van der Waals surface area contributed by atoms with Gasteiger partial charge < -0.3 is 14.6 Å². The van der Waals surface area contributed by atoms with Gasteiger partial charge in [-0.15, -0.1) is 0 Å². The zero-order chi connectivity index (χ0) is 22.8. The van der Waals surface area contributed by atoms with Crippen LogP contribution in [0.15, 0.2) is 97.1 Å². The average Bonchev–Trinajstić information content (AvgIpc) is 2.85. The second kappa shape index (κ2) is 8.67. The van der Waals surface area contributed by atoms with Crippen molar-refractivity contribution >= 4 is 27.5 Å². The van der Waals surface area contributed by atoms with Gasteiger partial charge in [0, 0.05) is 16.7 Å². The van der Waals surface area contributed by atoms with E-state index in [0.29, 0.717) is 22.6 Å². The number of carbonyl (C=O) groups excluding carboxylic acids is 1. The van der Waals surface area contributed by atoms with Crippen LogP contribution in [-0.2, 0) is 11.2 Å². The van der Waals surface area contributed by atoms with Gasteiger partial charge in [0.05, 0.1) is 13.5 Å². The smallest absolute Gasteiger partial charge is 0.315 e. The van der Waals surface area contributed by atoms with Crippen LogP contribution >= 0.6 is 0 Å². The molecule has 5 aromatic carbocycles. The molecular formula is C29H22O4. The summed E-state index contributed by atoms with van der Waals surface area (Å²) in [5.41, 5.74) is 2.08. The van der Waals surface area contributed by atoms with Gasteiger partial charge in [-0.1, -0.05) is 78.9 Å². The first kappa shape index (κ1) is 20.6. The van der Waals surface area contributed by atoms with Gasteiger partial charge in [0.1, 0.15) is 17.2 Å². The number of esters is 1. The number of benzene rings is 5. The zero-order valence-electron chi connectivity index (χ0n) is 18.1. The number of phenols is 1. The maximum absolute atomic E-state index is 13.0. The van der Waals surface area contributed by atoms with E-state index in [4.69, 9.17) is 9.47 Å². The van der Waals surface area contributed by atoms with Crippen LogP contribution in [0, 0.1) is 0 Å². The highest BCUT2D eigenvalue weighted by atomic mass is 16.5. The highest BCUT2D eigenvalue weighted by Crippen LogP contribution is 2.45. The van der Waals surface area contributed by atoms with E-state index >= 15 is 0 Å². The molecule has 0 amide bonds. The van der Waals surface area contributed by atoms with Crippen molar-refractivity contribution in [3.8, 4) is 28.4 Å². The van der Waals surface area contributed by atoms with E-state index in [2.05, 4.69) is 0 Å². The summed E-state index contributed by atoms with van der Waals surface area (Å²) >= 11 is 0. The van der Waals surface area contributed by atoms with Crippen LogP contribution in [0.25, 0.3) is 32.7 Å². The van der Waals surface area contributed by atoms with Crippen molar-refractivity contribution in [3.05, 3.63) is 103 Å². The molecule has 5 rings (SSSR count). The lowest BCUT2D eigenvalue weighted by molar-refractivity contribution is -0.133. The molecule has 33 heavy (non-hydrogen) atoms. The summed E-state index contributed by atoms with van der Waals surface area (Å²) in [5.74, 6) is 0.767. The minimum Gasteiger partial charge on any atom is -0.507 e. The van der Waals surface area contributed by atoms with Crippen molar-refractivity contribution in [1.82, 2.24) is 0 Å². The molecule has 5 aromatic rings. The number of phenolic OH excluding ortho intramolecular Hbond substituents is 1. The molecule has 0 spiro atoms. The van der Waals surface area contributed by atoms with Crippen molar-refractivity contribution in [2.75, 3.05) is 7.11 Å². The molecule has 0 aromatic heterocycles. The molecular weight excluding hydrogens is 412 g/mol. The van der Waals surface area contributed by atoms with Crippen molar-refractivity contribution in [2.24, 2.45) is 0 Å². The number of hydrogen-bond acceptors (Lipinski definition) is 4. The lowest BCUT2D eigenvalue weighted by Crippen LogP contribution is -2.12. The van der Waals surface area contributed by atoms with Crippen LogP contribution in [0.2, 0.25) is 0 Å². The van der Waals surface area contributed by atoms with E-state index in [1.165, 1.54) is 0 Å². The third-order valence-corrected chi connectivity index (χ3v) is 5.80. The Bertz CT molecular complexity index is 1490. The average molecular weight is 434 g/mol. The molecule has 0 aliphatic heterocycles. The number of methoxy groups -OCH3 is 1. The fraction of sp³-hybridized carbons (Fsp3) is 0.0690. The molecule has 4 nitrogen and oxygen atoms in total. The van der Waals surface area contributed by atoms with Gasteiger partial charge in [-0.25, -0.2) is 0 Å². The third-order valence-electron chi connectivity index (χ3n) is 5.80. The monoisotopic (exact) mass is 434 g/mol. The molecule has 162 valence electrons. The Balaban J connectivity index is 1.65. The van der Waals surface area contributed by atoms with Crippen LogP contribution in [0.4, 0.5) is 0 Å². The summed E-state index contributed by atoms with van der Waals surface area (Å²) in [4.78, 5) is 13.0. The van der Waals surface area contributed by atoms with Crippen molar-refractivity contribution < 1.29 is 19.4 Å². The van der Waals surface area contributed by atoms with Crippen LogP contribution < -0.4 is 9.47 Å². The molecule has 1 N–H and O–H groups in total. The molecule has 0 heterocycles. The second-order valence-corrected chi connectivity index (χ2v) is 7.80. The fourth-order valence-electron chi connectivity index (χ4n) is 4.28. The SMILES string of the molecule is COc1ccccc1CC(=O)Oc1ccc2ccccc2c1-c1c(O)ccc2ccccc12. The van der Waals surface area contributed by atoms with Gasteiger partial charge in [0.2, 0.25) is 0 Å². The minimum absolute atomic E-state index is 0.0673. The summed E-state index contributed by atoms with van der Waals surface area (Å²) < 4.78 is 11.3. The normalized spacial score (nSPS) is 10.9. The first-order chi connectivity index (χ1) is 16.2. The maximum atomic E-state index is 13.0. The standard InChI is InChI=1S/C29H22O4/c1-32-25-13-7-4-10-21(25)18-27(31)33-26-17-15-20-9-3-6-12-23(20)29(26)28-22-11-5-2-8-19(22)14-16-24(28)30/h2-17,30H,18H2,1H3. The Hall–Kier alpha value is -4.31. The molecule has 0 fully saturated rings. The Morgan fingerprint density at radius 2 is 1.30 bits per heavy atom. The topological polar surface area (TPSA) is 55.8 Å². The third kappa shape index (κ3) is 3.87. The number of carbonyl (C=O) groups is 1. The number of aromatic hydroxyl groups is 1. The summed E-state index contributed by atoms with van der Waals surface area (Å²) in [6.45, 7) is 0. The van der Waals surface area contributed by atoms with Crippen molar-refractivity contribution in [2.45, 2.75) is 6.42 Å². The largest absolute Gasteiger partial charge is 0.507 e. The van der Waals surface area contributed by atoms with Crippen LogP contribution in [-0.4, -0.2) is 18.2 Å². The zero-order valence-corrected chi connectivity index (χ0v) is 18.1. The number of fused-ring (bicyclic) bond motifs is 2. The molecule has 0 saturated heterocycles. The van der Waals surface area contributed by atoms with Gasteiger partial charge >= 0.3 is 5.97 Å². The van der Waals surface area contributed by atoms with Crippen LogP contribution in [0.1, 0.15) is 5.56 Å². The number of hydrogen-bond donors (Lipinski definition) is 1. The molecule has 0 unspecified atom stereocenters. The van der Waals surface area contributed by atoms with E-state index in [1.807, 2.05) is 84.9 Å². The molecule has 0 aliphatic rings. The summed E-state index contributed by atoms with van der Waals surface area (Å²) in [5, 5.41) is 14.7. The molecule has 4 heteroatoms. The van der Waals surface area contributed by atoms with Gasteiger partial charge in [0.15, 0.2) is 0 Å². The number of rotatable bonds is 5. The van der Waals surface area contributed by atoms with Gasteiger partial charge in [-0.05, 0) is 39.7 Å². The summed E-state index contributed by atoms with van der Waals surface area (Å²) in [7, 11) is 1.58. The molecule has 0 aliphatic carbocycles. The second-order valence-electron chi connectivity index (χ2n) is 7.80. The van der Waals surface area contributed by atoms with Gasteiger partial charge in [0.25, 0.3) is 0 Å². The first-order valence-electron chi connectivity index (χ1n) is 10.7. The molecule has 0 saturated carbocycles. The lowest BCUT2D eigenvalue weighted by Gasteiger charge is -2.17. The summed E-state index contributed by atoms with van der Waals surface area (Å²) in [6, 6.07) is 30.4. The fourth-order valence-corrected chi connectivity index (χ4v) is 4.28. The Morgan fingerprint density at radius 3 is 2.03 bits per heavy atom. The molecule has 0 radical (unpaired) electrons. The van der Waals surface area contributed by atoms with Crippen LogP contribution in [0.3, 0.4) is 0 Å². The highest BCUT2D eigenvalue weighted by Gasteiger charge is 2.20. The Kier molecular flexibility index (Phi) is 5.41. The predicted molar refractivity (Wildman–Crippen MR) is 131 cm³/mol. The van der Waals surface area contributed by atoms with E-state index in [1.54, 1.807) is 19.2 Å². The maximum Gasteiger partial charge on any atom is 0.315 e. The predicted octanol–water partition coefficient (Wildman–Crippen LogP) is 6.52. The van der Waals surface area contributed by atoms with E-state index in [-0.39, 0.29) is 12.2 Å². The minimum atomic E-state index is -0.407. The van der Waals surface area contributed by atoms with Crippen LogP contribution in [0.5, 0.6) is 17.2 Å². The highest BCUT2D eigenvalue weighted by molar-refractivity contribution is 6.10. The number of ether oxygens (including phenoxy) is 2. The van der Waals surface area contributed by atoms with Gasteiger partial charge in [-0.2, -0.15) is 0 Å². The number of para-hydroxylation sites is 1. The van der Waals surface area contributed by atoms with Gasteiger partial charge in [-0.3, -0.25) is 4.79 Å². The molecule has 0 atom stereocenters. The first-order valence-corrected chi connectivity index (χ1v) is 10.7. The van der Waals surface area contributed by atoms with Crippen molar-refractivity contribution in [3.63, 3.8) is 0 Å². The van der Waals surface area contributed by atoms with E-state index < -0.39 is 5.97 Å². The quantitative estimate of drug-likeness (QED) is 0.253. The van der Waals surface area contributed by atoms with Crippen molar-refractivity contribution in [1.29, 1.82) is 0 Å². The van der Waals surface area contributed by atoms with E-state index in [0.717, 1.165) is 27.1 Å². The molecule has 0 bridgehead atoms. The summed E-state index contributed by atoms with van der Waals surface area (Å²) in [6.07, 6.45) is 0.0673. The Labute approximate surface area is 191 Å².